The molecule has 18 rings (SSSR count). The lowest BCUT2D eigenvalue weighted by Crippen LogP contribution is -2.66. The standard InChI is InChI=1S/4C20H32O3.C17H30O.C16H26O/c3*1-7-19(5,22)16-12-14-18(4)10-9-15(21)17(2,3)13(18)8-11-20(14,6)23-16;1-7-19(5)16(22)12-14-18(4)10-9-15(21)17(2,3)13(18)8-11-20(14,6)23-19;1-12-6-9-16(4)13(15(12,2)3)7-10-17(5)14(16)8-11-18-17;1-14(2)8-5-9-15(3)12(14)6-10-16(4)13(15)7-11-17-16/h4*7,13-14,16,22H,1,8-12H2,2-6H3;12-14H,6-11H2,1-5H3;5,8,12-13H,6-7,9-11H2,1-4H3/t13-,14+,16+,18-,19+,20+;13-,14+,16+,18-,19-,20+;13-,14+,16-,18-,19+,20+;13-,14+,16+,18-,19+,20+;12?,13?,14-,16+,17-;12?,13-,15+,16-/m000011/s1. The number of ketones is 4. The van der Waals surface area contributed by atoms with E-state index in [2.05, 4.69) is 212 Å². The van der Waals surface area contributed by atoms with Crippen LogP contribution in [0.25, 0.3) is 0 Å². The molecule has 0 aromatic heterocycles. The van der Waals surface area contributed by atoms with Gasteiger partial charge in [0.25, 0.3) is 0 Å². The quantitative estimate of drug-likeness (QED) is 0.175. The highest BCUT2D eigenvalue weighted by Crippen LogP contribution is 2.73. The highest BCUT2D eigenvalue weighted by atomic mass is 16.6. The minimum Gasteiger partial charge on any atom is -0.390 e. The minimum atomic E-state index is -0.994. The Labute approximate surface area is 772 Å². The molecule has 17 fully saturated rings. The lowest BCUT2D eigenvalue weighted by atomic mass is 9.43. The van der Waals surface area contributed by atoms with Crippen LogP contribution in [0.2, 0.25) is 0 Å². The van der Waals surface area contributed by atoms with Gasteiger partial charge in [0.15, 0.2) is 0 Å². The molecule has 3 unspecified atom stereocenters. The summed E-state index contributed by atoms with van der Waals surface area (Å²) in [4.78, 5) is 49.9. The van der Waals surface area contributed by atoms with Crippen LogP contribution in [0.3, 0.4) is 0 Å². The molecule has 33 atom stereocenters. The Morgan fingerprint density at radius 1 is 0.346 bits per heavy atom. The predicted molar refractivity (Wildman–Crippen MR) is 511 cm³/mol. The lowest BCUT2D eigenvalue weighted by Gasteiger charge is -2.65. The van der Waals surface area contributed by atoms with Gasteiger partial charge in [-0.2, -0.15) is 0 Å². The van der Waals surface area contributed by atoms with Gasteiger partial charge >= 0.3 is 0 Å². The van der Waals surface area contributed by atoms with E-state index in [1.165, 1.54) is 57.8 Å². The van der Waals surface area contributed by atoms with Crippen molar-refractivity contribution < 1.29 is 68.0 Å². The number of carbonyl (C=O) groups is 4. The topological polar surface area (TPSA) is 205 Å². The Hall–Kier alpha value is -3.02. The molecular formula is C113H184O14. The van der Waals surface area contributed by atoms with E-state index in [0.29, 0.717) is 112 Å². The molecule has 720 valence electrons. The largest absolute Gasteiger partial charge is 0.390 e. The summed E-state index contributed by atoms with van der Waals surface area (Å²) in [7, 11) is 0. The van der Waals surface area contributed by atoms with Gasteiger partial charge in [0.05, 0.1) is 58.0 Å². The number of carbonyl (C=O) groups excluding carboxylic acids is 4. The maximum absolute atomic E-state index is 12.5. The van der Waals surface area contributed by atoms with Gasteiger partial charge in [-0.05, 0) is 350 Å². The van der Waals surface area contributed by atoms with E-state index < -0.39 is 28.5 Å². The zero-order chi connectivity index (χ0) is 94.5. The van der Waals surface area contributed by atoms with Crippen molar-refractivity contribution >= 4 is 23.1 Å². The molecule has 127 heavy (non-hydrogen) atoms. The van der Waals surface area contributed by atoms with Crippen LogP contribution in [0, 0.1) is 142 Å². The third-order valence-electron chi connectivity index (χ3n) is 44.2. The van der Waals surface area contributed by atoms with Crippen molar-refractivity contribution in [3.63, 3.8) is 0 Å². The summed E-state index contributed by atoms with van der Waals surface area (Å²) in [5, 5.41) is 42.5. The summed E-state index contributed by atoms with van der Waals surface area (Å²) in [5.74, 6) is 8.85. The van der Waals surface area contributed by atoms with Gasteiger partial charge in [0, 0.05) is 60.6 Å². The average molecular weight is 1770 g/mol. The molecule has 4 N–H and O–H groups in total. The first-order valence-corrected chi connectivity index (χ1v) is 51.3. The summed E-state index contributed by atoms with van der Waals surface area (Å²) < 4.78 is 38.0. The van der Waals surface area contributed by atoms with Crippen molar-refractivity contribution in [2.75, 3.05) is 13.2 Å². The first kappa shape index (κ1) is 101. The molecule has 11 saturated carbocycles. The number of aliphatic hydroxyl groups excluding tert-OH is 1. The van der Waals surface area contributed by atoms with Gasteiger partial charge in [-0.1, -0.05) is 168 Å². The second-order valence-electron chi connectivity index (χ2n) is 53.4. The van der Waals surface area contributed by atoms with E-state index >= 15 is 0 Å². The first-order valence-electron chi connectivity index (χ1n) is 51.3. The zero-order valence-corrected chi connectivity index (χ0v) is 85.9. The minimum absolute atomic E-state index is 0.0495. The fourth-order valence-electron chi connectivity index (χ4n) is 35.5. The van der Waals surface area contributed by atoms with E-state index in [9.17, 15) is 39.6 Å². The number of rotatable bonds is 7. The van der Waals surface area contributed by atoms with Crippen LogP contribution in [0.15, 0.2) is 62.8 Å². The molecule has 6 heterocycles. The third kappa shape index (κ3) is 16.3. The smallest absolute Gasteiger partial charge is 0.138 e. The first-order chi connectivity index (χ1) is 58.1. The van der Waals surface area contributed by atoms with E-state index in [4.69, 9.17) is 28.4 Å². The molecule has 0 aromatic rings. The summed E-state index contributed by atoms with van der Waals surface area (Å²) in [6, 6.07) is 0. The molecule has 12 aliphatic carbocycles. The molecule has 0 bridgehead atoms. The van der Waals surface area contributed by atoms with Crippen molar-refractivity contribution in [1.82, 2.24) is 0 Å². The normalized spacial score (nSPS) is 50.4. The van der Waals surface area contributed by atoms with Crippen LogP contribution in [0.1, 0.15) is 387 Å². The fourth-order valence-corrected chi connectivity index (χ4v) is 35.5. The highest BCUT2D eigenvalue weighted by Gasteiger charge is 2.72. The molecule has 0 aromatic carbocycles. The second kappa shape index (κ2) is 33.1. The van der Waals surface area contributed by atoms with Crippen molar-refractivity contribution in [2.24, 2.45) is 142 Å². The monoisotopic (exact) mass is 1770 g/mol. The Bertz CT molecular complexity index is 3960. The Morgan fingerprint density at radius 3 is 0.969 bits per heavy atom. The number of ether oxygens (including phenoxy) is 6. The number of allylic oxidation sites excluding steroid dienone is 2. The number of aliphatic hydroxyl groups is 4. The molecule has 0 amide bonds. The SMILES string of the molecule is C=C[C@@](C)(O)[C@@H]1C[C@@H]2[C@@]3(C)CCC(=O)C(C)(C)[C@@H]3CC[C@@]2(C)O1.C=C[C@@](C)(O)[C@H]1C[C@@H]2[C@@]3(C)CCC(=O)C(C)(C)[C@@H]3CC[C@@]2(C)O1.C=C[C@@]1(C)O[C@]2(C)CC[C@H]3C(C)(C)C(=O)CC[C@]3(C)[C@H]2C[C@H]1O.C=C[C@](C)(O)[C@H]1C[C@@H]2[C@@]3(C)CCC(=O)C(C)(C)[C@@H]3CC[C@@]2(C)O1.CC1(C)C=CC[C@@]2(C)C1CC[C@@]1(C)OCC[C@@H]12.CC1CC[C@@]2(C)C(CC[C@@]3(C)OCC[C@@H]32)C1(C)C. The average Bonchev–Trinajstić information content (AvgIpc) is 1.65. The fraction of sp³-hybridized carbons (Fsp3) is 0.876. The van der Waals surface area contributed by atoms with Crippen molar-refractivity contribution in [3.8, 4) is 0 Å². The van der Waals surface area contributed by atoms with Crippen LogP contribution in [0.5, 0.6) is 0 Å². The maximum atomic E-state index is 12.5. The van der Waals surface area contributed by atoms with Crippen LogP contribution in [-0.4, -0.2) is 137 Å². The van der Waals surface area contributed by atoms with Gasteiger partial charge in [-0.3, -0.25) is 19.2 Å². The molecule has 18 aliphatic rings. The highest BCUT2D eigenvalue weighted by molar-refractivity contribution is 5.87. The summed E-state index contributed by atoms with van der Waals surface area (Å²) in [6.45, 7) is 82.0. The van der Waals surface area contributed by atoms with E-state index in [1.54, 1.807) is 45.1 Å². The van der Waals surface area contributed by atoms with Crippen LogP contribution < -0.4 is 0 Å². The number of Topliss-reactive ketones (excluding diaryl/α,β-unsaturated/α-hetero) is 4. The molecule has 14 heteroatoms. The van der Waals surface area contributed by atoms with Gasteiger partial charge in [0.1, 0.15) is 45.5 Å². The summed E-state index contributed by atoms with van der Waals surface area (Å²) in [6.07, 6.45) is 39.9. The Morgan fingerprint density at radius 2 is 0.638 bits per heavy atom. The molecule has 0 radical (unpaired) electrons. The zero-order valence-electron chi connectivity index (χ0n) is 85.9. The van der Waals surface area contributed by atoms with Gasteiger partial charge in [-0.25, -0.2) is 0 Å². The Kier molecular flexibility index (Phi) is 26.5. The summed E-state index contributed by atoms with van der Waals surface area (Å²) >= 11 is 0. The molecule has 0 spiro atoms. The van der Waals surface area contributed by atoms with E-state index in [-0.39, 0.29) is 101 Å². The van der Waals surface area contributed by atoms with Crippen LogP contribution >= 0.6 is 0 Å². The van der Waals surface area contributed by atoms with E-state index in [0.717, 1.165) is 146 Å². The lowest BCUT2D eigenvalue weighted by molar-refractivity contribution is -0.279. The van der Waals surface area contributed by atoms with Gasteiger partial charge in [-0.15, -0.1) is 26.3 Å². The van der Waals surface area contributed by atoms with Crippen LogP contribution in [0.4, 0.5) is 0 Å². The predicted octanol–water partition coefficient (Wildman–Crippen LogP) is 24.4. The number of hydrogen-bond donors (Lipinski definition) is 4. The van der Waals surface area contributed by atoms with Crippen molar-refractivity contribution in [2.45, 2.75) is 467 Å². The van der Waals surface area contributed by atoms with E-state index in [1.807, 2.05) is 6.92 Å². The molecular weight excluding hydrogens is 1580 g/mol. The van der Waals surface area contributed by atoms with Crippen molar-refractivity contribution in [1.29, 1.82) is 0 Å². The van der Waals surface area contributed by atoms with Crippen LogP contribution in [-0.2, 0) is 47.6 Å². The van der Waals surface area contributed by atoms with Gasteiger partial charge < -0.3 is 48.8 Å². The summed E-state index contributed by atoms with van der Waals surface area (Å²) in [5.41, 5.74) is -2.87. The number of hydrogen-bond acceptors (Lipinski definition) is 14. The molecule has 14 nitrogen and oxygen atoms in total. The Balaban J connectivity index is 0.000000131. The maximum Gasteiger partial charge on any atom is 0.138 e. The number of fused-ring (bicyclic) bond motifs is 18. The second-order valence-corrected chi connectivity index (χ2v) is 53.4. The third-order valence-corrected chi connectivity index (χ3v) is 44.2. The van der Waals surface area contributed by atoms with Crippen molar-refractivity contribution in [3.05, 3.63) is 62.8 Å². The van der Waals surface area contributed by atoms with Gasteiger partial charge in [0.2, 0.25) is 0 Å². The molecule has 6 aliphatic heterocycles. The molecule has 6 saturated heterocycles.